The number of piperidine rings is 1. The number of hydrogen-bond acceptors (Lipinski definition) is 4. The maximum Gasteiger partial charge on any atom is 0.0142 e. The van der Waals surface area contributed by atoms with Crippen molar-refractivity contribution >= 4 is 25.3 Å². The molecule has 0 amide bonds. The molecule has 2 saturated heterocycles. The van der Waals surface area contributed by atoms with Crippen LogP contribution >= 0.6 is 25.3 Å². The zero-order valence-electron chi connectivity index (χ0n) is 17.2. The molecule has 0 N–H and O–H groups in total. The summed E-state index contributed by atoms with van der Waals surface area (Å²) in [6.45, 7) is 5.74. The largest absolute Gasteiger partial charge is 0.302 e. The molecule has 0 radical (unpaired) electrons. The highest BCUT2D eigenvalue weighted by molar-refractivity contribution is 7.80. The van der Waals surface area contributed by atoms with Crippen LogP contribution in [0.4, 0.5) is 0 Å². The van der Waals surface area contributed by atoms with Gasteiger partial charge in [-0.3, -0.25) is 0 Å². The van der Waals surface area contributed by atoms with Crippen molar-refractivity contribution in [1.82, 2.24) is 9.80 Å². The molecule has 0 spiro atoms. The quantitative estimate of drug-likeness (QED) is 0.422. The van der Waals surface area contributed by atoms with E-state index in [4.69, 9.17) is 0 Å². The van der Waals surface area contributed by atoms with E-state index in [1.54, 1.807) is 5.56 Å². The number of rotatable bonds is 10. The van der Waals surface area contributed by atoms with E-state index in [1.807, 2.05) is 0 Å². The molecule has 0 saturated carbocycles. The van der Waals surface area contributed by atoms with Crippen LogP contribution in [0, 0.1) is 12.8 Å². The SMILES string of the molecule is Cc1ccc(C2CC3CCC(C2CN(CCS)CCCCCS)N3C)cc1. The Labute approximate surface area is 177 Å². The Morgan fingerprint density at radius 3 is 2.48 bits per heavy atom. The van der Waals surface area contributed by atoms with E-state index in [2.05, 4.69) is 73.3 Å². The van der Waals surface area contributed by atoms with E-state index < -0.39 is 0 Å². The fraction of sp³-hybridized carbons (Fsp3) is 0.739. The minimum atomic E-state index is 0.708. The molecule has 2 bridgehead atoms. The Hall–Kier alpha value is -0.160. The molecule has 4 unspecified atom stereocenters. The van der Waals surface area contributed by atoms with Crippen LogP contribution in [0.2, 0.25) is 0 Å². The third-order valence-electron chi connectivity index (χ3n) is 6.96. The molecule has 4 heteroatoms. The minimum Gasteiger partial charge on any atom is -0.302 e. The molecule has 152 valence electrons. The van der Waals surface area contributed by atoms with Crippen LogP contribution in [0.1, 0.15) is 55.6 Å². The predicted molar refractivity (Wildman–Crippen MR) is 125 cm³/mol. The summed E-state index contributed by atoms with van der Waals surface area (Å²) in [5.74, 6) is 3.41. The molecule has 2 aliphatic heterocycles. The lowest BCUT2D eigenvalue weighted by Gasteiger charge is -2.45. The van der Waals surface area contributed by atoms with Gasteiger partial charge in [0, 0.05) is 30.9 Å². The molecule has 2 heterocycles. The lowest BCUT2D eigenvalue weighted by atomic mass is 9.75. The summed E-state index contributed by atoms with van der Waals surface area (Å²) in [5, 5.41) is 0. The van der Waals surface area contributed by atoms with Crippen molar-refractivity contribution in [1.29, 1.82) is 0 Å². The predicted octanol–water partition coefficient (Wildman–Crippen LogP) is 4.89. The van der Waals surface area contributed by atoms with Gasteiger partial charge in [0.1, 0.15) is 0 Å². The van der Waals surface area contributed by atoms with Crippen molar-refractivity contribution in [3.05, 3.63) is 35.4 Å². The van der Waals surface area contributed by atoms with Gasteiger partial charge in [0.2, 0.25) is 0 Å². The summed E-state index contributed by atoms with van der Waals surface area (Å²) < 4.78 is 0. The average Bonchev–Trinajstić information content (AvgIpc) is 2.91. The Bertz CT molecular complexity index is 562. The first kappa shape index (κ1) is 21.5. The summed E-state index contributed by atoms with van der Waals surface area (Å²) >= 11 is 8.91. The number of hydrogen-bond donors (Lipinski definition) is 2. The second-order valence-corrected chi connectivity index (χ2v) is 9.58. The first-order chi connectivity index (χ1) is 13.1. The summed E-state index contributed by atoms with van der Waals surface area (Å²) in [7, 11) is 2.37. The highest BCUT2D eigenvalue weighted by atomic mass is 32.1. The van der Waals surface area contributed by atoms with Crippen LogP contribution in [-0.4, -0.2) is 60.1 Å². The summed E-state index contributed by atoms with van der Waals surface area (Å²) in [6.07, 6.45) is 7.91. The zero-order chi connectivity index (χ0) is 19.2. The molecule has 2 fully saturated rings. The van der Waals surface area contributed by atoms with Gasteiger partial charge in [0.15, 0.2) is 0 Å². The van der Waals surface area contributed by atoms with Crippen LogP contribution < -0.4 is 0 Å². The van der Waals surface area contributed by atoms with Crippen LogP contribution in [0.25, 0.3) is 0 Å². The highest BCUT2D eigenvalue weighted by Gasteiger charge is 2.46. The Morgan fingerprint density at radius 1 is 1.00 bits per heavy atom. The lowest BCUT2D eigenvalue weighted by molar-refractivity contribution is 0.0721. The maximum absolute atomic E-state index is 4.55. The third-order valence-corrected chi connectivity index (χ3v) is 7.47. The third kappa shape index (κ3) is 5.46. The normalized spacial score (nSPS) is 28.2. The molecule has 1 aromatic rings. The highest BCUT2D eigenvalue weighted by Crippen LogP contribution is 2.46. The summed E-state index contributed by atoms with van der Waals surface area (Å²) in [6, 6.07) is 10.9. The molecule has 2 nitrogen and oxygen atoms in total. The van der Waals surface area contributed by atoms with Gasteiger partial charge in [-0.25, -0.2) is 0 Å². The van der Waals surface area contributed by atoms with Crippen LogP contribution in [-0.2, 0) is 0 Å². The van der Waals surface area contributed by atoms with E-state index in [0.717, 1.165) is 36.1 Å². The molecule has 2 aliphatic rings. The maximum atomic E-state index is 4.55. The number of nitrogens with zero attached hydrogens (tertiary/aromatic N) is 2. The first-order valence-electron chi connectivity index (χ1n) is 10.9. The van der Waals surface area contributed by atoms with E-state index in [9.17, 15) is 0 Å². The van der Waals surface area contributed by atoms with E-state index in [0.29, 0.717) is 5.92 Å². The molecule has 0 aromatic heterocycles. The number of fused-ring (bicyclic) bond motifs is 2. The van der Waals surface area contributed by atoms with Crippen molar-refractivity contribution in [3.63, 3.8) is 0 Å². The number of aryl methyl sites for hydroxylation is 1. The fourth-order valence-corrected chi connectivity index (χ4v) is 5.89. The van der Waals surface area contributed by atoms with Gasteiger partial charge in [-0.1, -0.05) is 36.2 Å². The van der Waals surface area contributed by atoms with Gasteiger partial charge in [-0.15, -0.1) is 0 Å². The number of thiol groups is 2. The molecular formula is C23H38N2S2. The smallest absolute Gasteiger partial charge is 0.0142 e. The van der Waals surface area contributed by atoms with Crippen molar-refractivity contribution in [3.8, 4) is 0 Å². The zero-order valence-corrected chi connectivity index (χ0v) is 19.0. The van der Waals surface area contributed by atoms with Crippen LogP contribution in [0.5, 0.6) is 0 Å². The van der Waals surface area contributed by atoms with Gasteiger partial charge < -0.3 is 9.80 Å². The summed E-state index contributed by atoms with van der Waals surface area (Å²) in [5.41, 5.74) is 2.93. The molecule has 3 rings (SSSR count). The second kappa shape index (κ2) is 10.6. The van der Waals surface area contributed by atoms with Gasteiger partial charge in [-0.05, 0) is 75.8 Å². The van der Waals surface area contributed by atoms with Gasteiger partial charge >= 0.3 is 0 Å². The van der Waals surface area contributed by atoms with Crippen molar-refractivity contribution in [2.45, 2.75) is 63.5 Å². The monoisotopic (exact) mass is 406 g/mol. The number of benzene rings is 1. The van der Waals surface area contributed by atoms with Gasteiger partial charge in [0.05, 0.1) is 0 Å². The minimum absolute atomic E-state index is 0.708. The second-order valence-electron chi connectivity index (χ2n) is 8.69. The van der Waals surface area contributed by atoms with Crippen molar-refractivity contribution in [2.75, 3.05) is 38.2 Å². The number of unbranched alkanes of at least 4 members (excludes halogenated alkanes) is 2. The van der Waals surface area contributed by atoms with E-state index in [-0.39, 0.29) is 0 Å². The Balaban J connectivity index is 1.73. The molecular weight excluding hydrogens is 368 g/mol. The fourth-order valence-electron chi connectivity index (χ4n) is 5.38. The standard InChI is InChI=1S/C23H38N2S2/c1-18-6-8-19(9-7-18)21-16-20-10-11-23(24(20)2)22(21)17-25(13-15-27)12-4-3-5-14-26/h6-9,20-23,26-27H,3-5,10-17H2,1-2H3. The topological polar surface area (TPSA) is 6.48 Å². The first-order valence-corrected chi connectivity index (χ1v) is 12.1. The Kier molecular flexibility index (Phi) is 8.43. The van der Waals surface area contributed by atoms with Crippen molar-refractivity contribution < 1.29 is 0 Å². The van der Waals surface area contributed by atoms with Crippen LogP contribution in [0.15, 0.2) is 24.3 Å². The average molecular weight is 407 g/mol. The molecule has 0 aliphatic carbocycles. The van der Waals surface area contributed by atoms with E-state index >= 15 is 0 Å². The van der Waals surface area contributed by atoms with Crippen LogP contribution in [0.3, 0.4) is 0 Å². The molecule has 1 aromatic carbocycles. The molecule has 4 atom stereocenters. The van der Waals surface area contributed by atoms with Gasteiger partial charge in [0.25, 0.3) is 0 Å². The Morgan fingerprint density at radius 2 is 1.78 bits per heavy atom. The van der Waals surface area contributed by atoms with Gasteiger partial charge in [-0.2, -0.15) is 25.3 Å². The summed E-state index contributed by atoms with van der Waals surface area (Å²) in [4.78, 5) is 5.40. The van der Waals surface area contributed by atoms with E-state index in [1.165, 1.54) is 57.2 Å². The molecule has 27 heavy (non-hydrogen) atoms. The van der Waals surface area contributed by atoms with Crippen molar-refractivity contribution in [2.24, 2.45) is 5.92 Å². The lowest BCUT2D eigenvalue weighted by Crippen LogP contribution is -2.50.